The quantitative estimate of drug-likeness (QED) is 0.790. The van der Waals surface area contributed by atoms with E-state index in [0.717, 1.165) is 23.9 Å². The average molecular weight is 257 g/mol. The summed E-state index contributed by atoms with van der Waals surface area (Å²) in [5.74, 6) is 0.221. The number of carbonyl (C=O) groups is 1. The minimum Gasteiger partial charge on any atom is -0.274 e. The summed E-state index contributed by atoms with van der Waals surface area (Å²) in [5.41, 5.74) is 2.16. The van der Waals surface area contributed by atoms with E-state index in [1.807, 2.05) is 18.2 Å². The Hall–Kier alpha value is -2.01. The fourth-order valence-electron chi connectivity index (χ4n) is 2.11. The molecule has 19 heavy (non-hydrogen) atoms. The number of hydroxylamine groups is 2. The highest BCUT2D eigenvalue weighted by Gasteiger charge is 2.31. The van der Waals surface area contributed by atoms with Gasteiger partial charge >= 0.3 is 0 Å². The first-order chi connectivity index (χ1) is 9.20. The first-order valence-electron chi connectivity index (χ1n) is 6.28. The van der Waals surface area contributed by atoms with E-state index >= 15 is 0 Å². The molecule has 1 saturated carbocycles. The molecule has 0 N–H and O–H groups in total. The Morgan fingerprint density at radius 3 is 2.95 bits per heavy atom. The number of hydrogen-bond donors (Lipinski definition) is 0. The van der Waals surface area contributed by atoms with Gasteiger partial charge in [0.15, 0.2) is 5.65 Å². The highest BCUT2D eigenvalue weighted by Crippen LogP contribution is 2.41. The first kappa shape index (κ1) is 12.0. The van der Waals surface area contributed by atoms with Gasteiger partial charge in [-0.2, -0.15) is 0 Å². The normalized spacial score (nSPS) is 14.6. The molecule has 98 valence electrons. The molecule has 0 spiro atoms. The largest absolute Gasteiger partial charge is 0.279 e. The van der Waals surface area contributed by atoms with Gasteiger partial charge in [-0.05, 0) is 31.0 Å². The molecule has 0 unspecified atom stereocenters. The zero-order chi connectivity index (χ0) is 13.4. The maximum Gasteiger partial charge on any atom is 0.279 e. The standard InChI is InChI=1S/C14H15N3O2/c1-17(19-2)14(18)11-8-10-4-3-7-15-13(10)16-12(11)9-5-6-9/h3-4,7-9H,5-6H2,1-2H3. The van der Waals surface area contributed by atoms with Crippen LogP contribution in [0.15, 0.2) is 24.4 Å². The summed E-state index contributed by atoms with van der Waals surface area (Å²) in [6.07, 6.45) is 3.89. The van der Waals surface area contributed by atoms with Crippen molar-refractivity contribution in [3.05, 3.63) is 35.7 Å². The van der Waals surface area contributed by atoms with Gasteiger partial charge in [0.1, 0.15) is 0 Å². The molecule has 2 aromatic rings. The molecule has 2 aromatic heterocycles. The molecule has 0 atom stereocenters. The van der Waals surface area contributed by atoms with Crippen LogP contribution in [-0.4, -0.2) is 35.1 Å². The molecule has 0 bridgehead atoms. The third-order valence-corrected chi connectivity index (χ3v) is 3.37. The predicted octanol–water partition coefficient (Wildman–Crippen LogP) is 2.14. The fourth-order valence-corrected chi connectivity index (χ4v) is 2.11. The van der Waals surface area contributed by atoms with Crippen molar-refractivity contribution in [3.63, 3.8) is 0 Å². The van der Waals surface area contributed by atoms with Gasteiger partial charge in [-0.15, -0.1) is 0 Å². The van der Waals surface area contributed by atoms with Crippen molar-refractivity contribution < 1.29 is 9.63 Å². The number of hydrogen-bond acceptors (Lipinski definition) is 4. The summed E-state index contributed by atoms with van der Waals surface area (Å²) in [6.45, 7) is 0. The molecule has 5 heteroatoms. The van der Waals surface area contributed by atoms with Gasteiger partial charge < -0.3 is 0 Å². The van der Waals surface area contributed by atoms with E-state index in [1.54, 1.807) is 13.2 Å². The van der Waals surface area contributed by atoms with E-state index in [0.29, 0.717) is 17.1 Å². The van der Waals surface area contributed by atoms with Crippen LogP contribution in [0, 0.1) is 0 Å². The molecule has 0 aromatic carbocycles. The van der Waals surface area contributed by atoms with Gasteiger partial charge in [0.25, 0.3) is 5.91 Å². The zero-order valence-corrected chi connectivity index (χ0v) is 11.0. The number of pyridine rings is 2. The Kier molecular flexibility index (Phi) is 2.91. The van der Waals surface area contributed by atoms with E-state index < -0.39 is 0 Å². The predicted molar refractivity (Wildman–Crippen MR) is 70.6 cm³/mol. The number of rotatable bonds is 3. The zero-order valence-electron chi connectivity index (χ0n) is 11.0. The van der Waals surface area contributed by atoms with Crippen molar-refractivity contribution in [2.24, 2.45) is 0 Å². The van der Waals surface area contributed by atoms with Gasteiger partial charge in [0.2, 0.25) is 0 Å². The summed E-state index contributed by atoms with van der Waals surface area (Å²) in [6, 6.07) is 5.62. The van der Waals surface area contributed by atoms with Crippen molar-refractivity contribution in [3.8, 4) is 0 Å². The van der Waals surface area contributed by atoms with E-state index in [1.165, 1.54) is 12.2 Å². The van der Waals surface area contributed by atoms with E-state index in [2.05, 4.69) is 9.97 Å². The maximum absolute atomic E-state index is 12.3. The van der Waals surface area contributed by atoms with E-state index in [9.17, 15) is 4.79 Å². The molecule has 3 rings (SSSR count). The first-order valence-corrected chi connectivity index (χ1v) is 6.28. The highest BCUT2D eigenvalue weighted by molar-refractivity contribution is 5.97. The number of nitrogens with zero attached hydrogens (tertiary/aromatic N) is 3. The SMILES string of the molecule is CON(C)C(=O)c1cc2cccnc2nc1C1CC1. The monoisotopic (exact) mass is 257 g/mol. The maximum atomic E-state index is 12.3. The Morgan fingerprint density at radius 1 is 1.47 bits per heavy atom. The van der Waals surface area contributed by atoms with Gasteiger partial charge in [-0.25, -0.2) is 15.0 Å². The summed E-state index contributed by atoms with van der Waals surface area (Å²) in [5, 5.41) is 2.10. The topological polar surface area (TPSA) is 55.3 Å². The lowest BCUT2D eigenvalue weighted by Crippen LogP contribution is -2.26. The highest BCUT2D eigenvalue weighted by atomic mass is 16.7. The number of aromatic nitrogens is 2. The third-order valence-electron chi connectivity index (χ3n) is 3.37. The molecule has 1 amide bonds. The molecule has 1 aliphatic carbocycles. The van der Waals surface area contributed by atoms with Gasteiger partial charge in [0.05, 0.1) is 18.4 Å². The lowest BCUT2D eigenvalue weighted by atomic mass is 10.1. The number of fused-ring (bicyclic) bond motifs is 1. The molecule has 2 heterocycles. The Labute approximate surface area is 111 Å². The second kappa shape index (κ2) is 4.59. The lowest BCUT2D eigenvalue weighted by molar-refractivity contribution is -0.0757. The van der Waals surface area contributed by atoms with Crippen LogP contribution in [0.4, 0.5) is 0 Å². The number of carbonyl (C=O) groups excluding carboxylic acids is 1. The molecule has 0 radical (unpaired) electrons. The minimum atomic E-state index is -0.164. The molecule has 1 aliphatic rings. The second-order valence-electron chi connectivity index (χ2n) is 4.73. The van der Waals surface area contributed by atoms with Crippen LogP contribution in [0.5, 0.6) is 0 Å². The van der Waals surface area contributed by atoms with Crippen LogP contribution < -0.4 is 0 Å². The number of amides is 1. The summed E-state index contributed by atoms with van der Waals surface area (Å²) < 4.78 is 0. The van der Waals surface area contributed by atoms with Crippen LogP contribution >= 0.6 is 0 Å². The lowest BCUT2D eigenvalue weighted by Gasteiger charge is -2.16. The average Bonchev–Trinajstić information content (AvgIpc) is 3.28. The van der Waals surface area contributed by atoms with Crippen LogP contribution in [0.1, 0.15) is 34.8 Å². The molecule has 5 nitrogen and oxygen atoms in total. The van der Waals surface area contributed by atoms with Crippen molar-refractivity contribution in [2.45, 2.75) is 18.8 Å². The smallest absolute Gasteiger partial charge is 0.274 e. The Balaban J connectivity index is 2.15. The Morgan fingerprint density at radius 2 is 2.26 bits per heavy atom. The summed E-state index contributed by atoms with van der Waals surface area (Å²) >= 11 is 0. The second-order valence-corrected chi connectivity index (χ2v) is 4.73. The van der Waals surface area contributed by atoms with Crippen molar-refractivity contribution in [1.82, 2.24) is 15.0 Å². The van der Waals surface area contributed by atoms with E-state index in [4.69, 9.17) is 4.84 Å². The summed E-state index contributed by atoms with van der Waals surface area (Å²) in [7, 11) is 3.08. The van der Waals surface area contributed by atoms with Crippen LogP contribution in [0.25, 0.3) is 11.0 Å². The van der Waals surface area contributed by atoms with Crippen LogP contribution in [-0.2, 0) is 4.84 Å². The molecular formula is C14H15N3O2. The molecular weight excluding hydrogens is 242 g/mol. The molecule has 0 saturated heterocycles. The van der Waals surface area contributed by atoms with Crippen molar-refractivity contribution in [2.75, 3.05) is 14.2 Å². The third kappa shape index (κ3) is 2.17. The Bertz CT molecular complexity index is 638. The van der Waals surface area contributed by atoms with Gasteiger partial charge in [-0.1, -0.05) is 0 Å². The fraction of sp³-hybridized carbons (Fsp3) is 0.357. The van der Waals surface area contributed by atoms with Gasteiger partial charge in [-0.3, -0.25) is 9.63 Å². The minimum absolute atomic E-state index is 0.164. The van der Waals surface area contributed by atoms with Crippen molar-refractivity contribution in [1.29, 1.82) is 0 Å². The van der Waals surface area contributed by atoms with Crippen molar-refractivity contribution >= 4 is 16.9 Å². The van der Waals surface area contributed by atoms with E-state index in [-0.39, 0.29) is 5.91 Å². The van der Waals surface area contributed by atoms with Crippen LogP contribution in [0.2, 0.25) is 0 Å². The molecule has 0 aliphatic heterocycles. The molecule has 1 fully saturated rings. The van der Waals surface area contributed by atoms with Crippen LogP contribution in [0.3, 0.4) is 0 Å². The van der Waals surface area contributed by atoms with Gasteiger partial charge in [0, 0.05) is 24.5 Å². The summed E-state index contributed by atoms with van der Waals surface area (Å²) in [4.78, 5) is 26.1.